The van der Waals surface area contributed by atoms with Gasteiger partial charge in [-0.3, -0.25) is 19.4 Å². The highest BCUT2D eigenvalue weighted by Gasteiger charge is 2.52. The minimum atomic E-state index is -0.212. The van der Waals surface area contributed by atoms with Crippen LogP contribution in [0.1, 0.15) is 214 Å². The zero-order valence-corrected chi connectivity index (χ0v) is 80.2. The van der Waals surface area contributed by atoms with Crippen molar-refractivity contribution in [3.8, 4) is 139 Å². The fourth-order valence-corrected chi connectivity index (χ4v) is 21.7. The van der Waals surface area contributed by atoms with Crippen LogP contribution in [0.2, 0.25) is 0 Å². The fraction of sp³-hybridized carbons (Fsp3) is 0.426. The molecule has 4 aliphatic heterocycles. The lowest BCUT2D eigenvalue weighted by molar-refractivity contribution is -0.134. The number of nitrogens with zero attached hydrogens (tertiary/aromatic N) is 16. The summed E-state index contributed by atoms with van der Waals surface area (Å²) in [6.45, 7) is 29.9. The van der Waals surface area contributed by atoms with E-state index in [0.29, 0.717) is 151 Å². The number of amides is 2. The quantitative estimate of drug-likeness (QED) is 0.0391. The Bertz CT molecular complexity index is 6290. The number of aromatic nitrogens is 8. The number of fused-ring (bicyclic) bond motifs is 12. The van der Waals surface area contributed by atoms with Crippen LogP contribution in [0.5, 0.6) is 23.0 Å². The lowest BCUT2D eigenvalue weighted by Crippen LogP contribution is -2.43. The Balaban J connectivity index is 0.000000127. The molecule has 4 fully saturated rings. The molecule has 12 atom stereocenters. The molecule has 30 nitrogen and oxygen atoms in total. The smallest absolute Gasteiger partial charge is 0.258 e. The molecule has 0 spiro atoms. The molecule has 4 saturated heterocycles. The Morgan fingerprint density at radius 3 is 0.848 bits per heavy atom. The van der Waals surface area contributed by atoms with E-state index in [-0.39, 0.29) is 123 Å². The molecule has 8 aromatic carbocycles. The molecule has 712 valence electrons. The van der Waals surface area contributed by atoms with Gasteiger partial charge in [-0.25, -0.2) is 0 Å². The van der Waals surface area contributed by atoms with Gasteiger partial charge in [-0.05, 0) is 274 Å². The zero-order chi connectivity index (χ0) is 97.3. The molecule has 0 radical (unpaired) electrons. The van der Waals surface area contributed by atoms with Gasteiger partial charge in [0.1, 0.15) is 47.3 Å². The third-order valence-corrected chi connectivity index (χ3v) is 27.8. The molecule has 4 aliphatic carbocycles. The van der Waals surface area contributed by atoms with Crippen LogP contribution >= 0.6 is 0 Å². The molecule has 20 rings (SSSR count). The van der Waals surface area contributed by atoms with Crippen molar-refractivity contribution in [2.45, 2.75) is 221 Å². The van der Waals surface area contributed by atoms with Crippen molar-refractivity contribution in [1.82, 2.24) is 60.2 Å². The van der Waals surface area contributed by atoms with Gasteiger partial charge in [0.25, 0.3) is 23.6 Å². The maximum Gasteiger partial charge on any atom is 0.258 e. The van der Waals surface area contributed by atoms with Crippen molar-refractivity contribution in [1.29, 1.82) is 21.0 Å². The summed E-state index contributed by atoms with van der Waals surface area (Å²) in [5, 5.41) is 94.7. The summed E-state index contributed by atoms with van der Waals surface area (Å²) in [5.74, 6) is 7.55. The second-order valence-corrected chi connectivity index (χ2v) is 38.9. The van der Waals surface area contributed by atoms with E-state index in [1.165, 1.54) is 22.3 Å². The van der Waals surface area contributed by atoms with Gasteiger partial charge in [0.05, 0.1) is 97.3 Å². The standard InChI is InChI=1S/2C28H30N4O4.2C26H28N4O3/c2*1-15(2)23(14-33)32-25(34)12-18-11-22-20(26(18)32)6-5-7-21(22)27-30-28(36-31-27)17-8-9-24(35-16(3)4)19(10-17)13-29;2*1-15(2)32-23-8-7-18(11-19(23)13-27)26-28-25(29-33-26)21-6-4-5-20-22(21)12-17-9-10-30(24(17)20)16(3)14-31/h2*5-10,15-16,18,23,26,33H,11-12,14H2,1-4H3;2*4-8,11,15-17,24,31H,9-10,12,14H2,1-3H3/t18-,23+,26+;18-,23-,26+;16-,17+,24+;16-,17-,24-/m1011/s1. The topological polar surface area (TPSA) is 416 Å². The van der Waals surface area contributed by atoms with E-state index in [4.69, 9.17) is 37.0 Å². The van der Waals surface area contributed by atoms with E-state index in [9.17, 15) is 51.1 Å². The zero-order valence-electron chi connectivity index (χ0n) is 80.2. The second kappa shape index (κ2) is 40.8. The number of hydrogen-bond donors (Lipinski definition) is 4. The van der Waals surface area contributed by atoms with Gasteiger partial charge in [0.2, 0.25) is 35.1 Å². The van der Waals surface area contributed by atoms with Crippen molar-refractivity contribution in [2.75, 3.05) is 39.5 Å². The Hall–Kier alpha value is -13.8. The number of likely N-dealkylation sites (tertiary alicyclic amines) is 4. The summed E-state index contributed by atoms with van der Waals surface area (Å²) < 4.78 is 45.2. The first-order valence-electron chi connectivity index (χ1n) is 47.9. The second-order valence-electron chi connectivity index (χ2n) is 38.9. The molecule has 2 amide bonds. The van der Waals surface area contributed by atoms with Gasteiger partial charge in [-0.15, -0.1) is 0 Å². The minimum absolute atomic E-state index is 0.0195. The lowest BCUT2D eigenvalue weighted by Gasteiger charge is -2.35. The van der Waals surface area contributed by atoms with E-state index in [1.807, 2.05) is 129 Å². The molecule has 4 aromatic heterocycles. The van der Waals surface area contributed by atoms with Gasteiger partial charge >= 0.3 is 0 Å². The van der Waals surface area contributed by atoms with Crippen LogP contribution in [0.25, 0.3) is 91.4 Å². The van der Waals surface area contributed by atoms with Crippen LogP contribution in [0.4, 0.5) is 0 Å². The van der Waals surface area contributed by atoms with Crippen LogP contribution in [-0.2, 0) is 35.3 Å². The van der Waals surface area contributed by atoms with E-state index in [2.05, 4.69) is 137 Å². The van der Waals surface area contributed by atoms with E-state index >= 15 is 0 Å². The molecule has 12 aromatic rings. The Kier molecular flexibility index (Phi) is 28.4. The van der Waals surface area contributed by atoms with E-state index in [1.54, 1.807) is 60.7 Å². The molecule has 0 unspecified atom stereocenters. The number of nitriles is 4. The predicted molar refractivity (Wildman–Crippen MR) is 512 cm³/mol. The van der Waals surface area contributed by atoms with Crippen molar-refractivity contribution in [3.05, 3.63) is 212 Å². The summed E-state index contributed by atoms with van der Waals surface area (Å²) in [6, 6.07) is 54.9. The molecule has 8 aliphatic rings. The number of benzene rings is 8. The van der Waals surface area contributed by atoms with Gasteiger partial charge in [-0.1, -0.05) is 121 Å². The highest BCUT2D eigenvalue weighted by molar-refractivity contribution is 5.83. The number of carbonyl (C=O) groups is 2. The third-order valence-electron chi connectivity index (χ3n) is 27.8. The normalized spacial score (nSPS) is 20.0. The van der Waals surface area contributed by atoms with Crippen LogP contribution in [-0.4, -0.2) is 181 Å². The fourth-order valence-electron chi connectivity index (χ4n) is 21.7. The number of aliphatic hydroxyl groups excluding tert-OH is 4. The van der Waals surface area contributed by atoms with Crippen molar-refractivity contribution in [2.24, 2.45) is 35.5 Å². The largest absolute Gasteiger partial charge is 0.490 e. The van der Waals surface area contributed by atoms with Crippen LogP contribution < -0.4 is 18.9 Å². The highest BCUT2D eigenvalue weighted by Crippen LogP contribution is 2.56. The Labute approximate surface area is 802 Å². The third kappa shape index (κ3) is 18.9. The Morgan fingerprint density at radius 1 is 0.348 bits per heavy atom. The summed E-state index contributed by atoms with van der Waals surface area (Å²) >= 11 is 0. The summed E-state index contributed by atoms with van der Waals surface area (Å²) in [4.78, 5) is 53.1. The molecular formula is C108H116N16O14. The molecule has 0 bridgehead atoms. The number of aliphatic hydroxyl groups is 4. The minimum Gasteiger partial charge on any atom is -0.490 e. The van der Waals surface area contributed by atoms with Gasteiger partial charge in [0, 0.05) is 81.5 Å². The van der Waals surface area contributed by atoms with Crippen LogP contribution in [0.15, 0.2) is 164 Å². The molecule has 138 heavy (non-hydrogen) atoms. The first-order valence-corrected chi connectivity index (χ1v) is 47.9. The average Bonchev–Trinajstić information content (AvgIpc) is 1.49. The lowest BCUT2D eigenvalue weighted by atomic mass is 9.97. The summed E-state index contributed by atoms with van der Waals surface area (Å²) in [7, 11) is 0. The highest BCUT2D eigenvalue weighted by atomic mass is 16.5. The van der Waals surface area contributed by atoms with Gasteiger partial charge in [0.15, 0.2) is 0 Å². The molecular weight excluding hydrogens is 1750 g/mol. The summed E-state index contributed by atoms with van der Waals surface area (Å²) in [6.07, 6.45) is 6.53. The number of ether oxygens (including phenoxy) is 4. The number of rotatable bonds is 26. The molecule has 8 heterocycles. The van der Waals surface area contributed by atoms with Gasteiger partial charge < -0.3 is 67.3 Å². The molecule has 30 heteroatoms. The van der Waals surface area contributed by atoms with E-state index in [0.717, 1.165) is 96.1 Å². The SMILES string of the molecule is CC(C)Oc1ccc(-c2nc(-c3cccc4c3C[C@@H]3CC(=O)N([C@@H](CO)C(C)C)[C@H]43)no2)cc1C#N.CC(C)Oc1ccc(-c2nc(-c3cccc4c3C[C@@H]3CCN([C@H](C)CO)[C@H]43)no2)cc1C#N.CC(C)Oc1ccc(-c2nc(-c3cccc4c3C[C@H]3CC(=O)N([C@@H](CO)C(C)C)[C@@H]43)no2)cc1C#N.CC(C)Oc1ccc(-c2nc(-c3cccc4c3C[C@H]3CCN([C@H](C)CO)[C@@H]43)no2)cc1C#N. The monoisotopic (exact) mass is 1860 g/mol. The maximum atomic E-state index is 12.9. The first kappa shape index (κ1) is 95.9. The van der Waals surface area contributed by atoms with Crippen molar-refractivity contribution in [3.63, 3.8) is 0 Å². The number of carbonyl (C=O) groups excluding carboxylic acids is 2. The molecule has 0 saturated carbocycles. The van der Waals surface area contributed by atoms with Crippen LogP contribution in [0, 0.1) is 80.8 Å². The van der Waals surface area contributed by atoms with Crippen molar-refractivity contribution >= 4 is 11.8 Å². The van der Waals surface area contributed by atoms with E-state index < -0.39 is 0 Å². The predicted octanol–water partition coefficient (Wildman–Crippen LogP) is 17.8. The first-order chi connectivity index (χ1) is 66.6. The maximum absolute atomic E-state index is 12.9. The average molecular weight is 1860 g/mol. The van der Waals surface area contributed by atoms with Gasteiger partial charge in [-0.2, -0.15) is 41.0 Å². The van der Waals surface area contributed by atoms with Crippen molar-refractivity contribution < 1.29 is 67.1 Å². The molecule has 4 N–H and O–H groups in total. The van der Waals surface area contributed by atoms with Crippen LogP contribution in [0.3, 0.4) is 0 Å². The Morgan fingerprint density at radius 2 is 0.609 bits per heavy atom. The number of hydrogen-bond acceptors (Lipinski definition) is 28. The summed E-state index contributed by atoms with van der Waals surface area (Å²) in [5.41, 5.74) is 17.7.